The zero-order chi connectivity index (χ0) is 33.3. The number of ketones is 1. The number of nitrogens with two attached hydrogens (primary N) is 1. The van der Waals surface area contributed by atoms with E-state index < -0.39 is 72.9 Å². The molecule has 4 N–H and O–H groups in total. The fraction of sp³-hybridized carbons (Fsp3) is 0.321. The van der Waals surface area contributed by atoms with Gasteiger partial charge in [-0.15, -0.1) is 0 Å². The number of rotatable bonds is 16. The van der Waals surface area contributed by atoms with Gasteiger partial charge < -0.3 is 24.5 Å². The Morgan fingerprint density at radius 1 is 1.09 bits per heavy atom. The van der Waals surface area contributed by atoms with Crippen LogP contribution in [0.3, 0.4) is 0 Å². The van der Waals surface area contributed by atoms with E-state index in [4.69, 9.17) is 30.6 Å². The lowest BCUT2D eigenvalue weighted by molar-refractivity contribution is -0.141. The number of anilines is 1. The highest BCUT2D eigenvalue weighted by atomic mass is 35.5. The number of carbonyl (C=O) groups is 3. The number of hydrogen-bond donors (Lipinski definition) is 3. The second-order valence-corrected chi connectivity index (χ2v) is 13.2. The summed E-state index contributed by atoms with van der Waals surface area (Å²) in [5.74, 6) is -4.39. The number of esters is 2. The molecule has 1 heterocycles. The van der Waals surface area contributed by atoms with Crippen LogP contribution < -0.4 is 15.8 Å². The van der Waals surface area contributed by atoms with Crippen molar-refractivity contribution in [2.45, 2.75) is 37.4 Å². The number of benzene rings is 2. The summed E-state index contributed by atoms with van der Waals surface area (Å²) in [6.07, 6.45) is 1.45. The van der Waals surface area contributed by atoms with Crippen molar-refractivity contribution in [3.8, 4) is 0 Å². The van der Waals surface area contributed by atoms with Gasteiger partial charge in [0.1, 0.15) is 41.3 Å². The molecule has 0 spiro atoms. The van der Waals surface area contributed by atoms with Crippen LogP contribution in [0.25, 0.3) is 0 Å². The molecule has 45 heavy (non-hydrogen) atoms. The van der Waals surface area contributed by atoms with Crippen LogP contribution in [0, 0.1) is 11.6 Å². The highest BCUT2D eigenvalue weighted by molar-refractivity contribution is 7.89. The van der Waals surface area contributed by atoms with Gasteiger partial charge in [0, 0.05) is 28.5 Å². The van der Waals surface area contributed by atoms with E-state index in [1.165, 1.54) is 19.3 Å². The van der Waals surface area contributed by atoms with Crippen LogP contribution in [0.1, 0.15) is 40.3 Å². The lowest BCUT2D eigenvalue weighted by Crippen LogP contribution is -2.42. The number of carbonyl (C=O) groups excluding carboxylic acids is 3. The second-order valence-electron chi connectivity index (χ2n) is 9.73. The molecule has 0 aliphatic heterocycles. The quantitative estimate of drug-likeness (QED) is 0.148. The van der Waals surface area contributed by atoms with Crippen molar-refractivity contribution in [2.75, 3.05) is 30.0 Å². The number of hydrogen-bond acceptors (Lipinski definition) is 11. The predicted molar refractivity (Wildman–Crippen MR) is 161 cm³/mol. The van der Waals surface area contributed by atoms with Gasteiger partial charge in [-0.2, -0.15) is 0 Å². The highest BCUT2D eigenvalue weighted by Crippen LogP contribution is 2.29. The lowest BCUT2D eigenvalue weighted by Gasteiger charge is -2.19. The van der Waals surface area contributed by atoms with Crippen LogP contribution in [0.4, 0.5) is 14.5 Å². The third-order valence-corrected chi connectivity index (χ3v) is 8.58. The third-order valence-electron chi connectivity index (χ3n) is 6.02. The average molecular weight is 690 g/mol. The van der Waals surface area contributed by atoms with E-state index in [0.29, 0.717) is 11.8 Å². The molecule has 0 amide bonds. The average Bonchev–Trinajstić information content (AvgIpc) is 3.47. The van der Waals surface area contributed by atoms with Crippen molar-refractivity contribution in [1.82, 2.24) is 5.32 Å². The molecular formula is C28H30ClF2N3O9S2. The first-order valence-corrected chi connectivity index (χ1v) is 16.6. The first-order valence-electron chi connectivity index (χ1n) is 13.2. The Morgan fingerprint density at radius 2 is 1.78 bits per heavy atom. The molecule has 17 heteroatoms. The Morgan fingerprint density at radius 3 is 2.40 bits per heavy atom. The second kappa shape index (κ2) is 16.0. The minimum atomic E-state index is -4.29. The molecule has 0 fully saturated rings. The molecule has 0 saturated heterocycles. The Bertz CT molecular complexity index is 1650. The zero-order valence-corrected chi connectivity index (χ0v) is 26.4. The van der Waals surface area contributed by atoms with Crippen LogP contribution in [-0.4, -0.2) is 67.2 Å². The summed E-state index contributed by atoms with van der Waals surface area (Å²) < 4.78 is 78.6. The van der Waals surface area contributed by atoms with E-state index in [1.54, 1.807) is 19.1 Å². The number of halogens is 3. The molecule has 3 unspecified atom stereocenters. The van der Waals surface area contributed by atoms with Crippen molar-refractivity contribution in [1.29, 1.82) is 0 Å². The SMILES string of the molecule is CC(COC(=O)CS(=O)CCOC(=O)c1cc(S(N)(=O)=O)c(Cl)cc1NCc1ccco1)NC(C)C(=O)c1cc(F)cc(F)c1. The van der Waals surface area contributed by atoms with Gasteiger partial charge in [-0.25, -0.2) is 27.1 Å². The maximum atomic E-state index is 13.4. The van der Waals surface area contributed by atoms with E-state index in [9.17, 15) is 35.8 Å². The third kappa shape index (κ3) is 11.0. The predicted octanol–water partition coefficient (Wildman–Crippen LogP) is 3.17. The largest absolute Gasteiger partial charge is 0.467 e. The summed E-state index contributed by atoms with van der Waals surface area (Å²) in [7, 11) is -6.08. The Labute approximate surface area is 265 Å². The van der Waals surface area contributed by atoms with E-state index >= 15 is 0 Å². The Kier molecular flexibility index (Phi) is 12.7. The van der Waals surface area contributed by atoms with Crippen molar-refractivity contribution < 1.29 is 49.7 Å². The summed E-state index contributed by atoms with van der Waals surface area (Å²) in [5, 5.41) is 10.7. The van der Waals surface area contributed by atoms with Crippen LogP contribution in [0.15, 0.2) is 58.0 Å². The summed E-state index contributed by atoms with van der Waals surface area (Å²) in [4.78, 5) is 37.0. The van der Waals surface area contributed by atoms with Gasteiger partial charge in [0.05, 0.1) is 40.9 Å². The van der Waals surface area contributed by atoms with Gasteiger partial charge in [-0.1, -0.05) is 11.6 Å². The van der Waals surface area contributed by atoms with Crippen molar-refractivity contribution in [2.24, 2.45) is 5.14 Å². The summed E-state index contributed by atoms with van der Waals surface area (Å²) in [6, 6.07) is 6.55. The van der Waals surface area contributed by atoms with Gasteiger partial charge in [0.2, 0.25) is 10.0 Å². The maximum Gasteiger partial charge on any atom is 0.340 e. The standard InChI is InChI=1S/C28H30ClF2N3O9S2/c1-16(34-17(2)27(36)18-8-19(30)10-20(31)9-18)14-43-26(35)15-44(38)7-6-42-28(37)22-11-25(45(32,39)40)23(29)12-24(22)33-13-21-4-3-5-41-21/h3-5,8-12,16-17,33-34H,6-7,13-15H2,1-2H3,(H2,32,39,40). The topological polar surface area (TPSA) is 184 Å². The number of nitrogens with one attached hydrogen (secondary N) is 2. The first kappa shape index (κ1) is 35.8. The number of primary sulfonamides is 1. The smallest absolute Gasteiger partial charge is 0.340 e. The van der Waals surface area contributed by atoms with E-state index in [-0.39, 0.29) is 47.3 Å². The molecule has 3 atom stereocenters. The molecule has 2 aromatic carbocycles. The molecule has 0 bridgehead atoms. The minimum absolute atomic E-state index is 0.125. The van der Waals surface area contributed by atoms with Gasteiger partial charge in [0.15, 0.2) is 5.78 Å². The van der Waals surface area contributed by atoms with Crippen molar-refractivity contribution in [3.05, 3.63) is 82.3 Å². The normalized spacial score (nSPS) is 13.5. The first-order chi connectivity index (χ1) is 21.1. The number of sulfonamides is 1. The van der Waals surface area contributed by atoms with Crippen LogP contribution in [0.5, 0.6) is 0 Å². The summed E-state index contributed by atoms with van der Waals surface area (Å²) in [6.45, 7) is 2.63. The molecule has 1 aromatic heterocycles. The number of Topliss-reactive ketones (excluding diaryl/α,β-unsaturated/α-hetero) is 1. The number of furan rings is 1. The van der Waals surface area contributed by atoms with Gasteiger partial charge in [-0.05, 0) is 50.2 Å². The number of ether oxygens (including phenoxy) is 2. The van der Waals surface area contributed by atoms with Crippen LogP contribution in [0.2, 0.25) is 5.02 Å². The molecule has 3 rings (SSSR count). The maximum absolute atomic E-state index is 13.4. The van der Waals surface area contributed by atoms with Gasteiger partial charge in [-0.3, -0.25) is 13.8 Å². The van der Waals surface area contributed by atoms with Crippen LogP contribution >= 0.6 is 11.6 Å². The van der Waals surface area contributed by atoms with Crippen molar-refractivity contribution >= 4 is 55.8 Å². The van der Waals surface area contributed by atoms with E-state index in [2.05, 4.69) is 10.6 Å². The molecule has 3 aromatic rings. The van der Waals surface area contributed by atoms with Crippen LogP contribution in [-0.2, 0) is 41.6 Å². The summed E-state index contributed by atoms with van der Waals surface area (Å²) in [5.41, 5.74) is -0.243. The zero-order valence-electron chi connectivity index (χ0n) is 24.0. The lowest BCUT2D eigenvalue weighted by atomic mass is 10.0. The van der Waals surface area contributed by atoms with Gasteiger partial charge >= 0.3 is 11.9 Å². The molecule has 0 aliphatic carbocycles. The molecule has 0 radical (unpaired) electrons. The molecule has 0 saturated carbocycles. The molecule has 12 nitrogen and oxygen atoms in total. The fourth-order valence-electron chi connectivity index (χ4n) is 3.95. The van der Waals surface area contributed by atoms with E-state index in [0.717, 1.165) is 18.2 Å². The Balaban J connectivity index is 1.48. The minimum Gasteiger partial charge on any atom is -0.467 e. The summed E-state index contributed by atoms with van der Waals surface area (Å²) >= 11 is 6.06. The highest BCUT2D eigenvalue weighted by Gasteiger charge is 2.23. The molecule has 0 aliphatic rings. The monoisotopic (exact) mass is 689 g/mol. The van der Waals surface area contributed by atoms with E-state index in [1.807, 2.05) is 0 Å². The Hall–Kier alpha value is -3.70. The van der Waals surface area contributed by atoms with Crippen molar-refractivity contribution in [3.63, 3.8) is 0 Å². The van der Waals surface area contributed by atoms with Gasteiger partial charge in [0.25, 0.3) is 0 Å². The fourth-order valence-corrected chi connectivity index (χ4v) is 5.81. The molecular weight excluding hydrogens is 660 g/mol. The molecule has 244 valence electrons.